The van der Waals surface area contributed by atoms with Gasteiger partial charge in [0.1, 0.15) is 0 Å². The van der Waals surface area contributed by atoms with E-state index >= 15 is 0 Å². The molecule has 0 unspecified atom stereocenters. The number of para-hydroxylation sites is 3. The van der Waals surface area contributed by atoms with Crippen molar-refractivity contribution in [1.82, 2.24) is 4.57 Å². The summed E-state index contributed by atoms with van der Waals surface area (Å²) in [4.78, 5) is 17.4. The van der Waals surface area contributed by atoms with Crippen molar-refractivity contribution in [2.24, 2.45) is 0 Å². The lowest BCUT2D eigenvalue weighted by molar-refractivity contribution is 0.660. The fourth-order valence-electron chi connectivity index (χ4n) is 9.36. The van der Waals surface area contributed by atoms with Crippen LogP contribution in [-0.4, -0.2) is 4.57 Å². The number of aromatic nitrogens is 1. The molecule has 0 fully saturated rings. The monoisotopic (exact) mass is 704 g/mol. The second-order valence-corrected chi connectivity index (χ2v) is 15.3. The van der Waals surface area contributed by atoms with Crippen LogP contribution in [0.5, 0.6) is 0 Å². The van der Waals surface area contributed by atoms with Crippen LogP contribution in [0, 0.1) is 0 Å². The average molecular weight is 705 g/mol. The first-order valence-electron chi connectivity index (χ1n) is 19.0. The maximum Gasteiger partial charge on any atom is 0.263 e. The van der Waals surface area contributed by atoms with Crippen LogP contribution in [0.3, 0.4) is 0 Å². The molecule has 55 heavy (non-hydrogen) atoms. The summed E-state index contributed by atoms with van der Waals surface area (Å²) in [6.45, 7) is 4.68. The van der Waals surface area contributed by atoms with Crippen molar-refractivity contribution in [2.45, 2.75) is 19.3 Å². The zero-order valence-electron chi connectivity index (χ0n) is 30.6. The van der Waals surface area contributed by atoms with Gasteiger partial charge in [0.05, 0.1) is 22.6 Å². The maximum absolute atomic E-state index is 15.0. The van der Waals surface area contributed by atoms with Gasteiger partial charge in [-0.3, -0.25) is 9.36 Å². The van der Waals surface area contributed by atoms with Gasteiger partial charge in [-0.1, -0.05) is 153 Å². The molecule has 1 aliphatic heterocycles. The second kappa shape index (κ2) is 11.8. The Bertz CT molecular complexity index is 3100. The summed E-state index contributed by atoms with van der Waals surface area (Å²) in [5, 5.41) is 2.70. The summed E-state index contributed by atoms with van der Waals surface area (Å²) in [6.07, 6.45) is 0. The number of rotatable bonds is 2. The predicted octanol–water partition coefficient (Wildman–Crippen LogP) is 13.2. The largest absolute Gasteiger partial charge is 0.309 e. The lowest BCUT2D eigenvalue weighted by Crippen LogP contribution is -2.22. The summed E-state index contributed by atoms with van der Waals surface area (Å²) in [6, 6.07) is 64.8. The molecular weight excluding hydrogens is 669 g/mol. The van der Waals surface area contributed by atoms with Gasteiger partial charge in [-0.05, 0) is 81.2 Å². The Kier molecular flexibility index (Phi) is 6.75. The van der Waals surface area contributed by atoms with E-state index in [0.29, 0.717) is 5.39 Å². The molecule has 0 N–H and O–H groups in total. The Labute approximate surface area is 320 Å². The van der Waals surface area contributed by atoms with Gasteiger partial charge < -0.3 is 4.90 Å². The van der Waals surface area contributed by atoms with Gasteiger partial charge in [-0.25, -0.2) is 0 Å². The highest BCUT2D eigenvalue weighted by atomic mass is 16.1. The Morgan fingerprint density at radius 3 is 1.82 bits per heavy atom. The number of anilines is 3. The SMILES string of the molecule is CC1(C)c2ccccc2-c2ccc(N3c4ccc(-c5ccccc5)cc4-c4ccccc4-n4c(=O)c5ccccc5c5cccc(c54)-c4ccccc43)cc21. The number of benzene rings is 8. The molecule has 0 spiro atoms. The minimum Gasteiger partial charge on any atom is -0.309 e. The van der Waals surface area contributed by atoms with Gasteiger partial charge in [0.15, 0.2) is 0 Å². The maximum atomic E-state index is 15.0. The lowest BCUT2D eigenvalue weighted by atomic mass is 9.82. The molecule has 260 valence electrons. The third-order valence-electron chi connectivity index (χ3n) is 12.0. The fourth-order valence-corrected chi connectivity index (χ4v) is 9.36. The average Bonchev–Trinajstić information content (AvgIpc) is 3.47. The van der Waals surface area contributed by atoms with E-state index in [1.54, 1.807) is 0 Å². The van der Waals surface area contributed by atoms with E-state index < -0.39 is 0 Å². The van der Waals surface area contributed by atoms with E-state index in [2.05, 4.69) is 176 Å². The minimum absolute atomic E-state index is 0.0286. The number of fused-ring (bicyclic) bond motifs is 11. The van der Waals surface area contributed by atoms with Crippen LogP contribution < -0.4 is 10.5 Å². The molecule has 2 heterocycles. The van der Waals surface area contributed by atoms with Gasteiger partial charge in [0.25, 0.3) is 5.56 Å². The number of nitrogens with zero attached hydrogens (tertiary/aromatic N) is 2. The van der Waals surface area contributed by atoms with E-state index in [1.165, 1.54) is 22.3 Å². The van der Waals surface area contributed by atoms with Gasteiger partial charge in [-0.15, -0.1) is 0 Å². The molecule has 3 heteroatoms. The Morgan fingerprint density at radius 1 is 0.400 bits per heavy atom. The van der Waals surface area contributed by atoms with Crippen molar-refractivity contribution in [3.8, 4) is 50.2 Å². The predicted molar refractivity (Wildman–Crippen MR) is 229 cm³/mol. The number of pyridine rings is 1. The van der Waals surface area contributed by atoms with Crippen molar-refractivity contribution in [2.75, 3.05) is 4.90 Å². The molecule has 0 bridgehead atoms. The molecule has 3 nitrogen and oxygen atoms in total. The third kappa shape index (κ3) is 4.53. The summed E-state index contributed by atoms with van der Waals surface area (Å²) < 4.78 is 1.98. The molecule has 2 aliphatic rings. The van der Waals surface area contributed by atoms with Crippen molar-refractivity contribution in [3.63, 3.8) is 0 Å². The number of hydrogen-bond acceptors (Lipinski definition) is 2. The van der Waals surface area contributed by atoms with Crippen LogP contribution in [0.2, 0.25) is 0 Å². The molecule has 0 saturated carbocycles. The minimum atomic E-state index is -0.169. The highest BCUT2D eigenvalue weighted by Crippen LogP contribution is 2.53. The smallest absolute Gasteiger partial charge is 0.263 e. The standard InChI is InChI=1S/C52H36N2O/c1-52(2)45-24-11-8-18-37(45)38-29-28-35(32-46(38)52)53-47-25-12-9-19-39(47)42-23-14-22-41-36-17-6-7-21-43(36)51(55)54(50(41)42)48-26-13-10-20-40(48)44-31-34(27-30-49(44)53)33-15-4-3-5-16-33/h3-32H,1-2H3. The van der Waals surface area contributed by atoms with Gasteiger partial charge in [0.2, 0.25) is 0 Å². The molecule has 1 aromatic heterocycles. The van der Waals surface area contributed by atoms with Crippen molar-refractivity contribution in [3.05, 3.63) is 203 Å². The van der Waals surface area contributed by atoms with E-state index in [9.17, 15) is 4.79 Å². The Morgan fingerprint density at radius 2 is 1.00 bits per heavy atom. The van der Waals surface area contributed by atoms with Crippen LogP contribution >= 0.6 is 0 Å². The fraction of sp³-hybridized carbons (Fsp3) is 0.0577. The van der Waals surface area contributed by atoms with E-state index in [-0.39, 0.29) is 11.0 Å². The van der Waals surface area contributed by atoms with Crippen molar-refractivity contribution in [1.29, 1.82) is 0 Å². The van der Waals surface area contributed by atoms with Gasteiger partial charge in [-0.2, -0.15) is 0 Å². The lowest BCUT2D eigenvalue weighted by Gasteiger charge is -2.33. The summed E-state index contributed by atoms with van der Waals surface area (Å²) in [7, 11) is 0. The Hall–Kier alpha value is -6.97. The van der Waals surface area contributed by atoms with Crippen LogP contribution in [0.1, 0.15) is 25.0 Å². The van der Waals surface area contributed by atoms with E-state index in [4.69, 9.17) is 0 Å². The molecular formula is C52H36N2O. The second-order valence-electron chi connectivity index (χ2n) is 15.3. The molecule has 9 aromatic rings. The topological polar surface area (TPSA) is 25.2 Å². The summed E-state index contributed by atoms with van der Waals surface area (Å²) >= 11 is 0. The zero-order chi connectivity index (χ0) is 36.8. The highest BCUT2D eigenvalue weighted by molar-refractivity contribution is 6.13. The number of hydrogen-bond donors (Lipinski definition) is 0. The van der Waals surface area contributed by atoms with Crippen LogP contribution in [-0.2, 0) is 5.41 Å². The van der Waals surface area contributed by atoms with Gasteiger partial charge in [0, 0.05) is 44.1 Å². The van der Waals surface area contributed by atoms with E-state index in [0.717, 1.165) is 72.4 Å². The van der Waals surface area contributed by atoms with Crippen molar-refractivity contribution >= 4 is 38.7 Å². The molecule has 11 rings (SSSR count). The third-order valence-corrected chi connectivity index (χ3v) is 12.0. The first-order chi connectivity index (χ1) is 27.0. The summed E-state index contributed by atoms with van der Waals surface area (Å²) in [5.41, 5.74) is 16.3. The molecule has 0 atom stereocenters. The normalized spacial score (nSPS) is 13.5. The quantitative estimate of drug-likeness (QED) is 0.167. The van der Waals surface area contributed by atoms with Crippen LogP contribution in [0.25, 0.3) is 71.9 Å². The molecule has 0 radical (unpaired) electrons. The van der Waals surface area contributed by atoms with Crippen LogP contribution in [0.4, 0.5) is 17.1 Å². The first kappa shape index (κ1) is 31.5. The summed E-state index contributed by atoms with van der Waals surface area (Å²) in [5.74, 6) is 0. The highest BCUT2D eigenvalue weighted by Gasteiger charge is 2.36. The molecule has 0 amide bonds. The molecule has 0 saturated heterocycles. The molecule has 8 aromatic carbocycles. The van der Waals surface area contributed by atoms with Gasteiger partial charge >= 0.3 is 0 Å². The molecule has 1 aliphatic carbocycles. The van der Waals surface area contributed by atoms with Crippen LogP contribution in [0.15, 0.2) is 187 Å². The Balaban J connectivity index is 1.31. The first-order valence-corrected chi connectivity index (χ1v) is 19.0. The van der Waals surface area contributed by atoms with Crippen molar-refractivity contribution < 1.29 is 0 Å². The van der Waals surface area contributed by atoms with E-state index in [1.807, 2.05) is 28.8 Å². The zero-order valence-corrected chi connectivity index (χ0v) is 30.6.